The number of benzene rings is 2. The average Bonchev–Trinajstić information content (AvgIpc) is 3.14. The lowest BCUT2D eigenvalue weighted by molar-refractivity contribution is -0.385. The molecule has 0 atom stereocenters. The largest absolute Gasteiger partial charge is 0.352 e. The highest BCUT2D eigenvalue weighted by molar-refractivity contribution is 6.24. The molecule has 5 rings (SSSR count). The Morgan fingerprint density at radius 1 is 0.886 bits per heavy atom. The van der Waals surface area contributed by atoms with E-state index < -0.39 is 34.9 Å². The predicted octanol–water partition coefficient (Wildman–Crippen LogP) is 2.00. The molecule has 3 amide bonds. The van der Waals surface area contributed by atoms with Crippen molar-refractivity contribution in [2.45, 2.75) is 0 Å². The number of nitro groups is 1. The highest BCUT2D eigenvalue weighted by Gasteiger charge is 2.42. The SMILES string of the molecule is O=C(CN1C(=O)c2cccc([N+](=O)[O-])c2C1=O)N1CCN(c2ccc(-c3ccccc3)nn2)CC1. The average molecular weight is 472 g/mol. The third kappa shape index (κ3) is 4.07. The smallest absolute Gasteiger partial charge is 0.282 e. The van der Waals surface area contributed by atoms with Crippen molar-refractivity contribution >= 4 is 29.2 Å². The van der Waals surface area contributed by atoms with Crippen LogP contribution in [0.4, 0.5) is 11.5 Å². The van der Waals surface area contributed by atoms with Gasteiger partial charge in [-0.15, -0.1) is 10.2 Å². The van der Waals surface area contributed by atoms with E-state index in [-0.39, 0.29) is 11.1 Å². The standard InChI is InChI=1S/C24H20N6O5/c31-21(15-29-23(32)17-7-4-8-19(30(34)35)22(17)24(29)33)28-13-11-27(12-14-28)20-10-9-18(25-26-20)16-5-2-1-3-6-16/h1-10H,11-15H2. The molecule has 2 aromatic carbocycles. The number of hydrogen-bond donors (Lipinski definition) is 0. The minimum absolute atomic E-state index is 0.0562. The molecule has 176 valence electrons. The van der Waals surface area contributed by atoms with Crippen LogP contribution >= 0.6 is 0 Å². The Balaban J connectivity index is 1.21. The summed E-state index contributed by atoms with van der Waals surface area (Å²) in [6.45, 7) is 1.32. The zero-order chi connectivity index (χ0) is 24.5. The summed E-state index contributed by atoms with van der Waals surface area (Å²) in [5.74, 6) is -1.22. The van der Waals surface area contributed by atoms with Gasteiger partial charge in [-0.3, -0.25) is 29.4 Å². The van der Waals surface area contributed by atoms with Gasteiger partial charge in [0.2, 0.25) is 5.91 Å². The van der Waals surface area contributed by atoms with Crippen LogP contribution in [0.5, 0.6) is 0 Å². The van der Waals surface area contributed by atoms with Gasteiger partial charge in [-0.05, 0) is 18.2 Å². The van der Waals surface area contributed by atoms with Gasteiger partial charge in [-0.2, -0.15) is 0 Å². The number of amides is 3. The van der Waals surface area contributed by atoms with E-state index in [9.17, 15) is 24.5 Å². The summed E-state index contributed by atoms with van der Waals surface area (Å²) < 4.78 is 0. The Morgan fingerprint density at radius 3 is 2.29 bits per heavy atom. The van der Waals surface area contributed by atoms with Gasteiger partial charge in [0, 0.05) is 37.8 Å². The van der Waals surface area contributed by atoms with Crippen LogP contribution in [0.3, 0.4) is 0 Å². The van der Waals surface area contributed by atoms with Crippen molar-refractivity contribution in [2.24, 2.45) is 0 Å². The molecule has 1 fully saturated rings. The Labute approximate surface area is 199 Å². The van der Waals surface area contributed by atoms with E-state index in [1.807, 2.05) is 47.4 Å². The lowest BCUT2D eigenvalue weighted by atomic mass is 10.1. The van der Waals surface area contributed by atoms with Crippen molar-refractivity contribution in [2.75, 3.05) is 37.6 Å². The van der Waals surface area contributed by atoms with Crippen LogP contribution in [-0.2, 0) is 4.79 Å². The summed E-state index contributed by atoms with van der Waals surface area (Å²) in [4.78, 5) is 53.2. The second-order valence-electron chi connectivity index (χ2n) is 8.16. The predicted molar refractivity (Wildman–Crippen MR) is 125 cm³/mol. The van der Waals surface area contributed by atoms with Crippen LogP contribution in [0.2, 0.25) is 0 Å². The molecule has 35 heavy (non-hydrogen) atoms. The Bertz CT molecular complexity index is 1320. The third-order valence-corrected chi connectivity index (χ3v) is 6.14. The summed E-state index contributed by atoms with van der Waals surface area (Å²) in [5.41, 5.74) is 0.977. The molecule has 0 unspecified atom stereocenters. The fraction of sp³-hybridized carbons (Fsp3) is 0.208. The van der Waals surface area contributed by atoms with E-state index in [0.717, 1.165) is 16.2 Å². The van der Waals surface area contributed by atoms with Gasteiger partial charge in [0.1, 0.15) is 12.1 Å². The molecule has 11 nitrogen and oxygen atoms in total. The van der Waals surface area contributed by atoms with Gasteiger partial charge in [-0.25, -0.2) is 0 Å². The zero-order valence-electron chi connectivity index (χ0n) is 18.5. The van der Waals surface area contributed by atoms with E-state index in [4.69, 9.17) is 0 Å². The molecule has 2 aliphatic rings. The molecule has 1 saturated heterocycles. The molecule has 0 spiro atoms. The van der Waals surface area contributed by atoms with Crippen LogP contribution in [0.1, 0.15) is 20.7 Å². The van der Waals surface area contributed by atoms with E-state index >= 15 is 0 Å². The van der Waals surface area contributed by atoms with Gasteiger partial charge >= 0.3 is 0 Å². The molecule has 0 radical (unpaired) electrons. The molecule has 2 aliphatic heterocycles. The quantitative estimate of drug-likeness (QED) is 0.313. The van der Waals surface area contributed by atoms with E-state index in [1.54, 1.807) is 4.90 Å². The Hall–Kier alpha value is -4.67. The molecule has 11 heteroatoms. The van der Waals surface area contributed by atoms with Crippen molar-refractivity contribution in [3.05, 3.63) is 81.9 Å². The second kappa shape index (κ2) is 8.93. The second-order valence-corrected chi connectivity index (χ2v) is 8.16. The van der Waals surface area contributed by atoms with Crippen molar-refractivity contribution in [1.82, 2.24) is 20.0 Å². The molecular weight excluding hydrogens is 452 g/mol. The molecule has 1 aromatic heterocycles. The summed E-state index contributed by atoms with van der Waals surface area (Å²) in [7, 11) is 0. The van der Waals surface area contributed by atoms with Crippen LogP contribution in [0, 0.1) is 10.1 Å². The maximum Gasteiger partial charge on any atom is 0.282 e. The fourth-order valence-electron chi connectivity index (χ4n) is 4.29. The minimum Gasteiger partial charge on any atom is -0.352 e. The highest BCUT2D eigenvalue weighted by Crippen LogP contribution is 2.30. The first-order chi connectivity index (χ1) is 16.9. The van der Waals surface area contributed by atoms with Crippen molar-refractivity contribution in [3.8, 4) is 11.3 Å². The van der Waals surface area contributed by atoms with Crippen molar-refractivity contribution in [3.63, 3.8) is 0 Å². The van der Waals surface area contributed by atoms with Crippen LogP contribution < -0.4 is 4.90 Å². The van der Waals surface area contributed by atoms with Gasteiger partial charge in [0.15, 0.2) is 5.82 Å². The number of piperazine rings is 1. The molecule has 0 bridgehead atoms. The number of nitrogens with zero attached hydrogens (tertiary/aromatic N) is 6. The number of nitro benzene ring substituents is 1. The van der Waals surface area contributed by atoms with Gasteiger partial charge in [-0.1, -0.05) is 36.4 Å². The summed E-state index contributed by atoms with van der Waals surface area (Å²) in [6.07, 6.45) is 0. The van der Waals surface area contributed by atoms with Gasteiger partial charge in [0.05, 0.1) is 16.2 Å². The number of imide groups is 1. The summed E-state index contributed by atoms with van der Waals surface area (Å²) in [6, 6.07) is 17.4. The lowest BCUT2D eigenvalue weighted by Gasteiger charge is -2.35. The monoisotopic (exact) mass is 472 g/mol. The summed E-state index contributed by atoms with van der Waals surface area (Å²) >= 11 is 0. The number of fused-ring (bicyclic) bond motifs is 1. The lowest BCUT2D eigenvalue weighted by Crippen LogP contribution is -2.52. The Morgan fingerprint density at radius 2 is 1.63 bits per heavy atom. The maximum absolute atomic E-state index is 12.9. The normalized spacial score (nSPS) is 15.4. The molecule has 0 N–H and O–H groups in total. The topological polar surface area (TPSA) is 130 Å². The summed E-state index contributed by atoms with van der Waals surface area (Å²) in [5, 5.41) is 19.9. The minimum atomic E-state index is -0.821. The third-order valence-electron chi connectivity index (χ3n) is 6.14. The number of carbonyl (C=O) groups excluding carboxylic acids is 3. The first-order valence-electron chi connectivity index (χ1n) is 11.0. The number of hydrogen-bond acceptors (Lipinski definition) is 8. The fourth-order valence-corrected chi connectivity index (χ4v) is 4.29. The maximum atomic E-state index is 12.9. The molecule has 3 heterocycles. The number of anilines is 1. The van der Waals surface area contributed by atoms with Crippen molar-refractivity contribution < 1.29 is 19.3 Å². The number of aromatic nitrogens is 2. The number of carbonyl (C=O) groups is 3. The van der Waals surface area contributed by atoms with Crippen LogP contribution in [0.25, 0.3) is 11.3 Å². The first-order valence-corrected chi connectivity index (χ1v) is 11.0. The van der Waals surface area contributed by atoms with E-state index in [0.29, 0.717) is 32.0 Å². The molecule has 0 saturated carbocycles. The molecule has 0 aliphatic carbocycles. The van der Waals surface area contributed by atoms with Crippen molar-refractivity contribution in [1.29, 1.82) is 0 Å². The molecule has 3 aromatic rings. The first kappa shape index (κ1) is 22.1. The van der Waals surface area contributed by atoms with E-state index in [2.05, 4.69) is 10.2 Å². The Kier molecular flexibility index (Phi) is 5.65. The van der Waals surface area contributed by atoms with E-state index in [1.165, 1.54) is 18.2 Å². The van der Waals surface area contributed by atoms with Gasteiger partial charge < -0.3 is 9.80 Å². The number of rotatable bonds is 5. The molecular formula is C24H20N6O5. The van der Waals surface area contributed by atoms with Crippen LogP contribution in [0.15, 0.2) is 60.7 Å². The van der Waals surface area contributed by atoms with Crippen LogP contribution in [-0.4, -0.2) is 75.4 Å². The zero-order valence-corrected chi connectivity index (χ0v) is 18.5. The highest BCUT2D eigenvalue weighted by atomic mass is 16.6. The van der Waals surface area contributed by atoms with Gasteiger partial charge in [0.25, 0.3) is 17.5 Å².